The van der Waals surface area contributed by atoms with E-state index in [1.165, 1.54) is 9.80 Å². The fourth-order valence-electron chi connectivity index (χ4n) is 10.3. The van der Waals surface area contributed by atoms with Crippen LogP contribution in [0, 0.1) is 29.6 Å². The molecule has 0 aromatic heterocycles. The zero-order chi connectivity index (χ0) is 60.7. The largest absolute Gasteiger partial charge is 0.480 e. The van der Waals surface area contributed by atoms with E-state index in [1.54, 1.807) is 37.3 Å². The van der Waals surface area contributed by atoms with Crippen LogP contribution in [0.2, 0.25) is 0 Å². The number of carbonyl (C=O) groups excluding carboxylic acids is 9. The van der Waals surface area contributed by atoms with Crippen LogP contribution in [0.4, 0.5) is 0 Å². The number of likely N-dealkylation sites (tertiary alicyclic amines) is 2. The van der Waals surface area contributed by atoms with Gasteiger partial charge in [0, 0.05) is 19.5 Å². The molecule has 3 rings (SSSR count). The molecule has 11 atom stereocenters. The van der Waals surface area contributed by atoms with Crippen molar-refractivity contribution >= 4 is 59.1 Å². The summed E-state index contributed by atoms with van der Waals surface area (Å²) in [4.78, 5) is 141. The number of carboxylic acid groups (broad SMARTS) is 1. The predicted molar refractivity (Wildman–Crippen MR) is 306 cm³/mol. The molecule has 0 bridgehead atoms. The Balaban J connectivity index is 1.84. The van der Waals surface area contributed by atoms with Crippen LogP contribution in [-0.4, -0.2) is 166 Å². The molecular formula is C58H97N11O12. The average Bonchev–Trinajstić information content (AvgIpc) is 4.20. The van der Waals surface area contributed by atoms with Crippen molar-refractivity contribution < 1.29 is 58.2 Å². The fourth-order valence-corrected chi connectivity index (χ4v) is 10.3. The summed E-state index contributed by atoms with van der Waals surface area (Å²) >= 11 is 0. The Labute approximate surface area is 479 Å². The molecule has 9 amide bonds. The second-order valence-corrected chi connectivity index (χ2v) is 23.7. The molecule has 2 saturated heterocycles. The van der Waals surface area contributed by atoms with E-state index in [1.807, 2.05) is 62.3 Å². The molecule has 2 aliphatic rings. The monoisotopic (exact) mass is 1140 g/mol. The molecule has 13 N–H and O–H groups in total. The van der Waals surface area contributed by atoms with E-state index in [0.29, 0.717) is 50.6 Å². The summed E-state index contributed by atoms with van der Waals surface area (Å²) in [6.45, 7) is 18.3. The summed E-state index contributed by atoms with van der Waals surface area (Å²) in [6.07, 6.45) is 4.12. The maximum absolute atomic E-state index is 14.6. The van der Waals surface area contributed by atoms with Gasteiger partial charge >= 0.3 is 5.97 Å². The molecule has 0 unspecified atom stereocenters. The number of amides is 9. The standard InChI is InChI=1S/C58H97N11O12/c1-11-37(10)48(67-49(71)39(60)21-15-16-24-59)55(77)63-41(28-34(4)5)51(73)66-45(32-70)57(79)69-26-18-23-47(69)54(76)62-42(31-38-19-13-12-14-20-38)52(74)64-43(29-35(6)7)56(78)68-25-17-22-46(68)53(75)61-40(27-33(2)3)50(72)65-44(58(80)81)30-36(8)9/h12-14,19-20,33-37,39-48,70H,11,15-18,21-32,59-60H2,1-10H3,(H,61,75)(H,62,76)(H,63,77)(H,64,74)(H,65,72)(H,66,73)(H,67,71)(H,80,81)/t37-,39-,40-,41-,42-,43-,44-,45-,46-,47-,48-/m0/s1. The van der Waals surface area contributed by atoms with Gasteiger partial charge in [0.1, 0.15) is 54.4 Å². The topological polar surface area (TPSA) is 354 Å². The van der Waals surface area contributed by atoms with Crippen LogP contribution in [0.15, 0.2) is 30.3 Å². The minimum Gasteiger partial charge on any atom is -0.480 e. The Morgan fingerprint density at radius 2 is 0.988 bits per heavy atom. The van der Waals surface area contributed by atoms with Crippen LogP contribution >= 0.6 is 0 Å². The number of aliphatic hydroxyl groups is 1. The molecule has 2 fully saturated rings. The first-order chi connectivity index (χ1) is 38.2. The zero-order valence-corrected chi connectivity index (χ0v) is 49.6. The van der Waals surface area contributed by atoms with Crippen LogP contribution in [-0.2, 0) is 54.4 Å². The molecule has 23 heteroatoms. The number of nitrogens with one attached hydrogen (secondary N) is 7. The first kappa shape index (κ1) is 69.1. The molecule has 2 heterocycles. The van der Waals surface area contributed by atoms with Gasteiger partial charge in [-0.15, -0.1) is 0 Å². The summed E-state index contributed by atoms with van der Waals surface area (Å²) in [7, 11) is 0. The number of benzene rings is 1. The average molecular weight is 1140 g/mol. The van der Waals surface area contributed by atoms with Gasteiger partial charge in [-0.2, -0.15) is 0 Å². The van der Waals surface area contributed by atoms with Crippen molar-refractivity contribution in [1.29, 1.82) is 0 Å². The van der Waals surface area contributed by atoms with Crippen LogP contribution in [0.5, 0.6) is 0 Å². The number of hydrogen-bond acceptors (Lipinski definition) is 13. The lowest BCUT2D eigenvalue weighted by Gasteiger charge is -2.32. The molecule has 0 aliphatic carbocycles. The number of aliphatic carboxylic acids is 1. The van der Waals surface area contributed by atoms with Crippen LogP contribution in [0.25, 0.3) is 0 Å². The fraction of sp³-hybridized carbons (Fsp3) is 0.724. The third-order valence-corrected chi connectivity index (χ3v) is 14.8. The number of carboxylic acids is 1. The van der Waals surface area contributed by atoms with Crippen molar-refractivity contribution in [3.05, 3.63) is 35.9 Å². The number of nitrogens with zero attached hydrogens (tertiary/aromatic N) is 2. The molecule has 0 spiro atoms. The first-order valence-corrected chi connectivity index (χ1v) is 29.3. The lowest BCUT2D eigenvalue weighted by molar-refractivity contribution is -0.144. The summed E-state index contributed by atoms with van der Waals surface area (Å²) in [6, 6.07) is -2.59. The van der Waals surface area contributed by atoms with Crippen molar-refractivity contribution in [1.82, 2.24) is 47.0 Å². The lowest BCUT2D eigenvalue weighted by Crippen LogP contribution is -2.61. The van der Waals surface area contributed by atoms with Gasteiger partial charge in [0.2, 0.25) is 53.2 Å². The molecule has 456 valence electrons. The minimum atomic E-state index is -1.53. The number of rotatable bonds is 34. The van der Waals surface area contributed by atoms with Gasteiger partial charge in [-0.05, 0) is 106 Å². The van der Waals surface area contributed by atoms with Crippen molar-refractivity contribution in [2.45, 2.75) is 213 Å². The zero-order valence-electron chi connectivity index (χ0n) is 49.6. The van der Waals surface area contributed by atoms with Gasteiger partial charge in [-0.25, -0.2) is 4.79 Å². The maximum Gasteiger partial charge on any atom is 0.326 e. The molecule has 0 saturated carbocycles. The van der Waals surface area contributed by atoms with E-state index in [-0.39, 0.29) is 87.6 Å². The Hall–Kier alpha value is -6.20. The Morgan fingerprint density at radius 1 is 0.556 bits per heavy atom. The molecule has 2 aliphatic heterocycles. The minimum absolute atomic E-state index is 0.0168. The summed E-state index contributed by atoms with van der Waals surface area (Å²) < 4.78 is 0. The molecule has 1 aromatic carbocycles. The van der Waals surface area contributed by atoms with Crippen molar-refractivity contribution in [2.75, 3.05) is 26.2 Å². The molecule has 0 radical (unpaired) electrons. The van der Waals surface area contributed by atoms with Gasteiger partial charge in [0.25, 0.3) is 0 Å². The smallest absolute Gasteiger partial charge is 0.326 e. The number of hydrogen-bond donors (Lipinski definition) is 11. The summed E-state index contributed by atoms with van der Waals surface area (Å²) in [5, 5.41) is 39.6. The maximum atomic E-state index is 14.6. The first-order valence-electron chi connectivity index (χ1n) is 29.3. The Kier molecular flexibility index (Phi) is 29.2. The second kappa shape index (κ2) is 34.3. The van der Waals surface area contributed by atoms with Gasteiger partial charge in [0.05, 0.1) is 12.6 Å². The molecular weight excluding hydrogens is 1040 g/mol. The van der Waals surface area contributed by atoms with E-state index < -0.39 is 126 Å². The summed E-state index contributed by atoms with van der Waals surface area (Å²) in [5.41, 5.74) is 12.4. The van der Waals surface area contributed by atoms with Crippen LogP contribution < -0.4 is 48.7 Å². The third kappa shape index (κ3) is 22.2. The highest BCUT2D eigenvalue weighted by molar-refractivity contribution is 5.99. The Morgan fingerprint density at radius 3 is 1.47 bits per heavy atom. The van der Waals surface area contributed by atoms with Crippen molar-refractivity contribution in [3.63, 3.8) is 0 Å². The van der Waals surface area contributed by atoms with Crippen molar-refractivity contribution in [3.8, 4) is 0 Å². The van der Waals surface area contributed by atoms with Crippen LogP contribution in [0.1, 0.15) is 152 Å². The second-order valence-electron chi connectivity index (χ2n) is 23.7. The molecule has 23 nitrogen and oxygen atoms in total. The highest BCUT2D eigenvalue weighted by Gasteiger charge is 2.43. The SMILES string of the molecule is CC[C@H](C)[C@H](NC(=O)[C@@H](N)CCCCN)C(=O)N[C@@H](CC(C)C)C(=O)N[C@@H](CO)C(=O)N1CCC[C@H]1C(=O)N[C@@H](Cc1ccccc1)C(=O)N[C@@H](CC(C)C)C(=O)N1CCC[C@H]1C(=O)N[C@@H](CC(C)C)C(=O)N[C@@H](CC(C)C)C(=O)O. The van der Waals surface area contributed by atoms with Crippen LogP contribution in [0.3, 0.4) is 0 Å². The summed E-state index contributed by atoms with van der Waals surface area (Å²) in [5.74, 6) is -7.76. The number of unbranched alkanes of at least 4 members (excludes halogenated alkanes) is 1. The lowest BCUT2D eigenvalue weighted by atomic mass is 9.96. The number of nitrogens with two attached hydrogens (primary N) is 2. The van der Waals surface area contributed by atoms with Gasteiger partial charge in [-0.3, -0.25) is 43.2 Å². The highest BCUT2D eigenvalue weighted by Crippen LogP contribution is 2.23. The van der Waals surface area contributed by atoms with Gasteiger partial charge in [-0.1, -0.05) is 112 Å². The van der Waals surface area contributed by atoms with E-state index in [2.05, 4.69) is 37.2 Å². The predicted octanol–water partition coefficient (Wildman–Crippen LogP) is 1.37. The van der Waals surface area contributed by atoms with E-state index >= 15 is 0 Å². The Bertz CT molecular complexity index is 2250. The van der Waals surface area contributed by atoms with E-state index in [4.69, 9.17) is 11.5 Å². The van der Waals surface area contributed by atoms with E-state index in [0.717, 1.165) is 0 Å². The normalized spacial score (nSPS) is 18.7. The van der Waals surface area contributed by atoms with Gasteiger partial charge in [0.15, 0.2) is 0 Å². The van der Waals surface area contributed by atoms with E-state index in [9.17, 15) is 58.2 Å². The third-order valence-electron chi connectivity index (χ3n) is 14.8. The number of aliphatic hydroxyl groups excluding tert-OH is 1. The van der Waals surface area contributed by atoms with Gasteiger partial charge < -0.3 is 68.7 Å². The number of carbonyl (C=O) groups is 10. The quantitative estimate of drug-likeness (QED) is 0.0435. The molecule has 81 heavy (non-hydrogen) atoms. The highest BCUT2D eigenvalue weighted by atomic mass is 16.4. The van der Waals surface area contributed by atoms with Crippen molar-refractivity contribution in [2.24, 2.45) is 41.1 Å². The molecule has 1 aromatic rings.